The molecule has 0 bridgehead atoms. The van der Waals surface area contributed by atoms with Crippen LogP contribution in [0.1, 0.15) is 29.3 Å². The average molecular weight is 250 g/mol. The van der Waals surface area contributed by atoms with Crippen molar-refractivity contribution in [2.45, 2.75) is 20.3 Å². The van der Waals surface area contributed by atoms with Crippen molar-refractivity contribution in [3.63, 3.8) is 0 Å². The molecule has 0 radical (unpaired) electrons. The van der Waals surface area contributed by atoms with Gasteiger partial charge in [0.1, 0.15) is 0 Å². The number of benzene rings is 1. The van der Waals surface area contributed by atoms with E-state index in [1.54, 1.807) is 7.11 Å². The van der Waals surface area contributed by atoms with Gasteiger partial charge in [0.25, 0.3) is 5.91 Å². The fourth-order valence-corrected chi connectivity index (χ4v) is 1.70. The normalized spacial score (nSPS) is 10.2. The molecule has 4 heteroatoms. The number of carbonyl (C=O) groups is 1. The minimum Gasteiger partial charge on any atom is -0.385 e. The standard InChI is InChI=1S/C14H22N2O2/c1-4-15-13-7-6-11(2)10-12(13)14(17)16-8-5-9-18-3/h6-7,10,15H,4-5,8-9H2,1-3H3,(H,16,17). The molecule has 0 aliphatic rings. The van der Waals surface area contributed by atoms with Gasteiger partial charge in [0.2, 0.25) is 0 Å². The van der Waals surface area contributed by atoms with Crippen molar-refractivity contribution in [2.75, 3.05) is 32.1 Å². The second-order valence-electron chi connectivity index (χ2n) is 4.18. The van der Waals surface area contributed by atoms with Crippen LogP contribution < -0.4 is 10.6 Å². The predicted molar refractivity (Wildman–Crippen MR) is 74.2 cm³/mol. The lowest BCUT2D eigenvalue weighted by Gasteiger charge is -2.12. The summed E-state index contributed by atoms with van der Waals surface area (Å²) in [5, 5.41) is 6.10. The highest BCUT2D eigenvalue weighted by Crippen LogP contribution is 2.17. The van der Waals surface area contributed by atoms with Gasteiger partial charge in [-0.1, -0.05) is 11.6 Å². The van der Waals surface area contributed by atoms with Gasteiger partial charge in [-0.05, 0) is 32.4 Å². The van der Waals surface area contributed by atoms with Crippen LogP contribution in [0.25, 0.3) is 0 Å². The first kappa shape index (κ1) is 14.5. The molecule has 0 spiro atoms. The third-order valence-corrected chi connectivity index (χ3v) is 2.60. The van der Waals surface area contributed by atoms with E-state index in [9.17, 15) is 4.79 Å². The van der Waals surface area contributed by atoms with Crippen molar-refractivity contribution >= 4 is 11.6 Å². The summed E-state index contributed by atoms with van der Waals surface area (Å²) in [7, 11) is 1.66. The fraction of sp³-hybridized carbons (Fsp3) is 0.500. The van der Waals surface area contributed by atoms with E-state index in [-0.39, 0.29) is 5.91 Å². The number of hydrogen-bond donors (Lipinski definition) is 2. The summed E-state index contributed by atoms with van der Waals surface area (Å²) in [6.07, 6.45) is 0.824. The molecule has 0 heterocycles. The van der Waals surface area contributed by atoms with E-state index in [0.29, 0.717) is 18.7 Å². The molecular weight excluding hydrogens is 228 g/mol. The van der Waals surface area contributed by atoms with E-state index in [0.717, 1.165) is 24.2 Å². The average Bonchev–Trinajstić information content (AvgIpc) is 2.37. The second kappa shape index (κ2) is 7.71. The Hall–Kier alpha value is -1.55. The maximum atomic E-state index is 12.1. The van der Waals surface area contributed by atoms with Crippen LogP contribution in [-0.2, 0) is 4.74 Å². The number of carbonyl (C=O) groups excluding carboxylic acids is 1. The Morgan fingerprint density at radius 2 is 2.17 bits per heavy atom. The summed E-state index contributed by atoms with van der Waals surface area (Å²) in [5.74, 6) is -0.0363. The number of amides is 1. The van der Waals surface area contributed by atoms with Crippen LogP contribution in [-0.4, -0.2) is 32.7 Å². The van der Waals surface area contributed by atoms with Crippen molar-refractivity contribution < 1.29 is 9.53 Å². The van der Waals surface area contributed by atoms with Gasteiger partial charge in [-0.15, -0.1) is 0 Å². The van der Waals surface area contributed by atoms with Crippen molar-refractivity contribution in [1.29, 1.82) is 0 Å². The Morgan fingerprint density at radius 3 is 2.83 bits per heavy atom. The van der Waals surface area contributed by atoms with Crippen LogP contribution in [0, 0.1) is 6.92 Å². The van der Waals surface area contributed by atoms with E-state index < -0.39 is 0 Å². The number of aryl methyl sites for hydroxylation is 1. The lowest BCUT2D eigenvalue weighted by atomic mass is 10.1. The SMILES string of the molecule is CCNc1ccc(C)cc1C(=O)NCCCOC. The quantitative estimate of drug-likeness (QED) is 0.729. The lowest BCUT2D eigenvalue weighted by molar-refractivity contribution is 0.0949. The Morgan fingerprint density at radius 1 is 1.39 bits per heavy atom. The molecule has 0 aromatic heterocycles. The summed E-state index contributed by atoms with van der Waals surface area (Å²) < 4.78 is 4.95. The molecule has 18 heavy (non-hydrogen) atoms. The van der Waals surface area contributed by atoms with Crippen molar-refractivity contribution in [1.82, 2.24) is 5.32 Å². The third kappa shape index (κ3) is 4.37. The van der Waals surface area contributed by atoms with E-state index in [2.05, 4.69) is 10.6 Å². The molecular formula is C14H22N2O2. The van der Waals surface area contributed by atoms with Gasteiger partial charge < -0.3 is 15.4 Å². The minimum atomic E-state index is -0.0363. The number of nitrogens with one attached hydrogen (secondary N) is 2. The Bertz CT molecular complexity index is 391. The van der Waals surface area contributed by atoms with Crippen molar-refractivity contribution in [3.05, 3.63) is 29.3 Å². The first-order chi connectivity index (χ1) is 8.69. The molecule has 0 saturated heterocycles. The van der Waals surface area contributed by atoms with Crippen LogP contribution >= 0.6 is 0 Å². The maximum Gasteiger partial charge on any atom is 0.253 e. The topological polar surface area (TPSA) is 50.4 Å². The smallest absolute Gasteiger partial charge is 0.253 e. The summed E-state index contributed by atoms with van der Waals surface area (Å²) in [6.45, 7) is 6.09. The maximum absolute atomic E-state index is 12.1. The molecule has 0 saturated carbocycles. The summed E-state index contributed by atoms with van der Waals surface area (Å²) >= 11 is 0. The highest BCUT2D eigenvalue weighted by Gasteiger charge is 2.10. The zero-order valence-corrected chi connectivity index (χ0v) is 11.4. The molecule has 100 valence electrons. The van der Waals surface area contributed by atoms with Crippen LogP contribution in [0.5, 0.6) is 0 Å². The van der Waals surface area contributed by atoms with Gasteiger partial charge >= 0.3 is 0 Å². The molecule has 1 amide bonds. The largest absolute Gasteiger partial charge is 0.385 e. The van der Waals surface area contributed by atoms with Crippen LogP contribution in [0.15, 0.2) is 18.2 Å². The zero-order chi connectivity index (χ0) is 13.4. The third-order valence-electron chi connectivity index (χ3n) is 2.60. The van der Waals surface area contributed by atoms with Crippen LogP contribution in [0.2, 0.25) is 0 Å². The monoisotopic (exact) mass is 250 g/mol. The first-order valence-corrected chi connectivity index (χ1v) is 6.30. The van der Waals surface area contributed by atoms with Crippen LogP contribution in [0.3, 0.4) is 0 Å². The van der Waals surface area contributed by atoms with Gasteiger partial charge in [-0.25, -0.2) is 0 Å². The molecule has 1 aromatic carbocycles. The highest BCUT2D eigenvalue weighted by atomic mass is 16.5. The van der Waals surface area contributed by atoms with Gasteiger partial charge in [-0.3, -0.25) is 4.79 Å². The molecule has 2 N–H and O–H groups in total. The second-order valence-corrected chi connectivity index (χ2v) is 4.18. The Labute approximate surface area is 109 Å². The molecule has 1 aromatic rings. The van der Waals surface area contributed by atoms with Crippen molar-refractivity contribution in [3.8, 4) is 0 Å². The Balaban J connectivity index is 2.67. The first-order valence-electron chi connectivity index (χ1n) is 6.30. The van der Waals surface area contributed by atoms with Crippen LogP contribution in [0.4, 0.5) is 5.69 Å². The Kier molecular flexibility index (Phi) is 6.22. The molecule has 0 atom stereocenters. The molecule has 4 nitrogen and oxygen atoms in total. The number of methoxy groups -OCH3 is 1. The summed E-state index contributed by atoms with van der Waals surface area (Å²) in [4.78, 5) is 12.1. The molecule has 0 aliphatic carbocycles. The van der Waals surface area contributed by atoms with Gasteiger partial charge in [0.15, 0.2) is 0 Å². The number of rotatable bonds is 7. The number of ether oxygens (including phenoxy) is 1. The molecule has 0 aliphatic heterocycles. The molecule has 0 unspecified atom stereocenters. The lowest BCUT2D eigenvalue weighted by Crippen LogP contribution is -2.26. The summed E-state index contributed by atoms with van der Waals surface area (Å²) in [6, 6.07) is 5.85. The van der Waals surface area contributed by atoms with E-state index >= 15 is 0 Å². The molecule has 0 fully saturated rings. The van der Waals surface area contributed by atoms with E-state index in [4.69, 9.17) is 4.74 Å². The predicted octanol–water partition coefficient (Wildman–Crippen LogP) is 2.19. The van der Waals surface area contributed by atoms with Gasteiger partial charge in [-0.2, -0.15) is 0 Å². The summed E-state index contributed by atoms with van der Waals surface area (Å²) in [5.41, 5.74) is 2.67. The number of anilines is 1. The minimum absolute atomic E-state index is 0.0363. The van der Waals surface area contributed by atoms with E-state index in [1.165, 1.54) is 0 Å². The van der Waals surface area contributed by atoms with Gasteiger partial charge in [0.05, 0.1) is 5.56 Å². The fourth-order valence-electron chi connectivity index (χ4n) is 1.70. The van der Waals surface area contributed by atoms with Gasteiger partial charge in [0, 0.05) is 32.5 Å². The molecule has 1 rings (SSSR count). The van der Waals surface area contributed by atoms with E-state index in [1.807, 2.05) is 32.0 Å². The zero-order valence-electron chi connectivity index (χ0n) is 11.4. The highest BCUT2D eigenvalue weighted by molar-refractivity contribution is 5.99. The van der Waals surface area contributed by atoms with Crippen molar-refractivity contribution in [2.24, 2.45) is 0 Å². The number of hydrogen-bond acceptors (Lipinski definition) is 3.